The fraction of sp³-hybridized carbons (Fsp3) is 0.364. The summed E-state index contributed by atoms with van der Waals surface area (Å²) in [7, 11) is 0. The summed E-state index contributed by atoms with van der Waals surface area (Å²) >= 11 is 0. The average molecular weight is 362 g/mol. The summed E-state index contributed by atoms with van der Waals surface area (Å²) in [6.45, 7) is 5.73. The zero-order valence-corrected chi connectivity index (χ0v) is 15.8. The molecule has 2 aromatic heterocycles. The first-order valence-electron chi connectivity index (χ1n) is 9.61. The van der Waals surface area contributed by atoms with Crippen molar-refractivity contribution in [1.82, 2.24) is 19.7 Å². The van der Waals surface area contributed by atoms with Gasteiger partial charge in [-0.25, -0.2) is 4.68 Å². The zero-order valence-electron chi connectivity index (χ0n) is 15.8. The summed E-state index contributed by atoms with van der Waals surface area (Å²) < 4.78 is 7.78. The maximum absolute atomic E-state index is 5.88. The van der Waals surface area contributed by atoms with Crippen LogP contribution in [0.15, 0.2) is 61.1 Å². The van der Waals surface area contributed by atoms with Gasteiger partial charge < -0.3 is 4.74 Å². The van der Waals surface area contributed by atoms with E-state index in [4.69, 9.17) is 4.74 Å². The van der Waals surface area contributed by atoms with E-state index >= 15 is 0 Å². The maximum Gasteiger partial charge on any atom is 0.0703 e. The van der Waals surface area contributed by atoms with Gasteiger partial charge in [-0.3, -0.25) is 9.88 Å². The van der Waals surface area contributed by atoms with Crippen LogP contribution in [0.4, 0.5) is 0 Å². The van der Waals surface area contributed by atoms with E-state index in [1.165, 1.54) is 17.5 Å². The number of aromatic nitrogens is 3. The van der Waals surface area contributed by atoms with Crippen molar-refractivity contribution in [3.05, 3.63) is 77.9 Å². The number of pyridine rings is 1. The SMILES string of the molecule is Cc1cc(-n2cccn2)ccc1CN(Cc1ccccn1)C[C@@H]1CCCO1. The highest BCUT2D eigenvalue weighted by Crippen LogP contribution is 2.20. The Kier molecular flexibility index (Phi) is 5.61. The lowest BCUT2D eigenvalue weighted by Gasteiger charge is -2.26. The van der Waals surface area contributed by atoms with E-state index in [1.807, 2.05) is 29.2 Å². The van der Waals surface area contributed by atoms with Gasteiger partial charge in [-0.15, -0.1) is 0 Å². The van der Waals surface area contributed by atoms with E-state index in [2.05, 4.69) is 52.2 Å². The van der Waals surface area contributed by atoms with Gasteiger partial charge in [-0.05, 0) is 61.2 Å². The minimum Gasteiger partial charge on any atom is -0.377 e. The van der Waals surface area contributed by atoms with E-state index in [9.17, 15) is 0 Å². The Bertz CT molecular complexity index is 842. The lowest BCUT2D eigenvalue weighted by molar-refractivity contribution is 0.0674. The molecule has 3 heterocycles. The van der Waals surface area contributed by atoms with Gasteiger partial charge in [-0.2, -0.15) is 5.10 Å². The van der Waals surface area contributed by atoms with Crippen molar-refractivity contribution in [3.63, 3.8) is 0 Å². The first-order chi connectivity index (χ1) is 13.3. The first kappa shape index (κ1) is 17.9. The number of benzene rings is 1. The fourth-order valence-electron chi connectivity index (χ4n) is 3.64. The number of aryl methyl sites for hydroxylation is 1. The van der Waals surface area contributed by atoms with Crippen LogP contribution in [-0.4, -0.2) is 38.9 Å². The number of ether oxygens (including phenoxy) is 1. The van der Waals surface area contributed by atoms with E-state index in [0.29, 0.717) is 6.10 Å². The van der Waals surface area contributed by atoms with Crippen molar-refractivity contribution in [2.75, 3.05) is 13.2 Å². The fourth-order valence-corrected chi connectivity index (χ4v) is 3.64. The van der Waals surface area contributed by atoms with Crippen molar-refractivity contribution in [1.29, 1.82) is 0 Å². The van der Waals surface area contributed by atoms with Gasteiger partial charge in [0.1, 0.15) is 0 Å². The molecule has 0 unspecified atom stereocenters. The molecule has 0 saturated carbocycles. The van der Waals surface area contributed by atoms with Crippen LogP contribution in [0.5, 0.6) is 0 Å². The predicted molar refractivity (Wildman–Crippen MR) is 106 cm³/mol. The summed E-state index contributed by atoms with van der Waals surface area (Å²) in [5.74, 6) is 0. The summed E-state index contributed by atoms with van der Waals surface area (Å²) in [4.78, 5) is 6.96. The second-order valence-electron chi connectivity index (χ2n) is 7.19. The Labute approximate surface area is 160 Å². The molecule has 5 heteroatoms. The molecular formula is C22H26N4O. The third-order valence-electron chi connectivity index (χ3n) is 5.09. The molecule has 0 spiro atoms. The Morgan fingerprint density at radius 1 is 1.15 bits per heavy atom. The molecule has 0 aliphatic carbocycles. The molecule has 1 saturated heterocycles. The minimum atomic E-state index is 0.331. The lowest BCUT2D eigenvalue weighted by Crippen LogP contribution is -2.32. The highest BCUT2D eigenvalue weighted by molar-refractivity contribution is 5.39. The second kappa shape index (κ2) is 8.46. The van der Waals surface area contributed by atoms with Crippen molar-refractivity contribution < 1.29 is 4.74 Å². The molecular weight excluding hydrogens is 336 g/mol. The van der Waals surface area contributed by atoms with Crippen LogP contribution in [0.1, 0.15) is 29.7 Å². The Morgan fingerprint density at radius 2 is 2.11 bits per heavy atom. The van der Waals surface area contributed by atoms with E-state index in [-0.39, 0.29) is 0 Å². The third-order valence-corrected chi connectivity index (χ3v) is 5.09. The Morgan fingerprint density at radius 3 is 2.81 bits per heavy atom. The van der Waals surface area contributed by atoms with E-state index < -0.39 is 0 Å². The summed E-state index contributed by atoms with van der Waals surface area (Å²) in [6.07, 6.45) is 8.29. The maximum atomic E-state index is 5.88. The summed E-state index contributed by atoms with van der Waals surface area (Å²) in [5.41, 5.74) is 4.80. The van der Waals surface area contributed by atoms with Gasteiger partial charge in [0.2, 0.25) is 0 Å². The van der Waals surface area contributed by atoms with Crippen molar-refractivity contribution in [2.24, 2.45) is 0 Å². The number of hydrogen-bond acceptors (Lipinski definition) is 4. The standard InChI is InChI=1S/C22H26N4O/c1-18-14-21(26-12-5-11-24-26)9-8-19(18)15-25(17-22-7-4-13-27-22)16-20-6-2-3-10-23-20/h2-3,5-6,8-12,14,22H,4,7,13,15-17H2,1H3/t22-/m0/s1. The molecule has 0 amide bonds. The number of hydrogen-bond donors (Lipinski definition) is 0. The topological polar surface area (TPSA) is 43.2 Å². The molecule has 5 nitrogen and oxygen atoms in total. The van der Waals surface area contributed by atoms with E-state index in [1.54, 1.807) is 6.20 Å². The molecule has 1 aliphatic rings. The number of rotatable bonds is 7. The summed E-state index contributed by atoms with van der Waals surface area (Å²) in [5, 5.41) is 4.32. The molecule has 1 atom stereocenters. The van der Waals surface area contributed by atoms with Gasteiger partial charge in [0, 0.05) is 44.8 Å². The normalized spacial score (nSPS) is 16.9. The van der Waals surface area contributed by atoms with Crippen LogP contribution in [0.2, 0.25) is 0 Å². The summed E-state index contributed by atoms with van der Waals surface area (Å²) in [6, 6.07) is 14.6. The molecule has 1 aliphatic heterocycles. The van der Waals surface area contributed by atoms with Crippen molar-refractivity contribution >= 4 is 0 Å². The molecule has 1 aromatic carbocycles. The van der Waals surface area contributed by atoms with E-state index in [0.717, 1.165) is 44.0 Å². The largest absolute Gasteiger partial charge is 0.377 e. The van der Waals surface area contributed by atoms with Crippen molar-refractivity contribution in [2.45, 2.75) is 39.0 Å². The Hall–Kier alpha value is -2.50. The van der Waals surface area contributed by atoms with Crippen LogP contribution in [-0.2, 0) is 17.8 Å². The molecule has 0 N–H and O–H groups in total. The van der Waals surface area contributed by atoms with Crippen LogP contribution < -0.4 is 0 Å². The Balaban J connectivity index is 1.51. The third kappa shape index (κ3) is 4.62. The minimum absolute atomic E-state index is 0.331. The number of nitrogens with zero attached hydrogens (tertiary/aromatic N) is 4. The molecule has 0 bridgehead atoms. The van der Waals surface area contributed by atoms with Crippen LogP contribution in [0, 0.1) is 6.92 Å². The highest BCUT2D eigenvalue weighted by Gasteiger charge is 2.20. The molecule has 140 valence electrons. The highest BCUT2D eigenvalue weighted by atomic mass is 16.5. The van der Waals surface area contributed by atoms with Crippen molar-refractivity contribution in [3.8, 4) is 5.69 Å². The lowest BCUT2D eigenvalue weighted by atomic mass is 10.1. The van der Waals surface area contributed by atoms with Crippen LogP contribution in [0.25, 0.3) is 5.69 Å². The van der Waals surface area contributed by atoms with Gasteiger partial charge in [0.15, 0.2) is 0 Å². The second-order valence-corrected chi connectivity index (χ2v) is 7.19. The van der Waals surface area contributed by atoms with Crippen LogP contribution in [0.3, 0.4) is 0 Å². The van der Waals surface area contributed by atoms with Gasteiger partial charge in [-0.1, -0.05) is 12.1 Å². The average Bonchev–Trinajstić information content (AvgIpc) is 3.38. The van der Waals surface area contributed by atoms with Gasteiger partial charge in [0.05, 0.1) is 17.5 Å². The van der Waals surface area contributed by atoms with Crippen LogP contribution >= 0.6 is 0 Å². The predicted octanol–water partition coefficient (Wildman–Crippen LogP) is 3.76. The smallest absolute Gasteiger partial charge is 0.0703 e. The quantitative estimate of drug-likeness (QED) is 0.642. The zero-order chi connectivity index (χ0) is 18.5. The molecule has 0 radical (unpaired) electrons. The molecule has 27 heavy (non-hydrogen) atoms. The van der Waals surface area contributed by atoms with Gasteiger partial charge in [0.25, 0.3) is 0 Å². The molecule has 1 fully saturated rings. The monoisotopic (exact) mass is 362 g/mol. The molecule has 4 rings (SSSR count). The van der Waals surface area contributed by atoms with Gasteiger partial charge >= 0.3 is 0 Å². The molecule has 3 aromatic rings. The first-order valence-corrected chi connectivity index (χ1v) is 9.61.